The van der Waals surface area contributed by atoms with Gasteiger partial charge in [-0.1, -0.05) is 19.1 Å². The third-order valence-electron chi connectivity index (χ3n) is 3.65. The zero-order chi connectivity index (χ0) is 15.2. The van der Waals surface area contributed by atoms with E-state index in [1.54, 1.807) is 0 Å². The van der Waals surface area contributed by atoms with Crippen LogP contribution < -0.4 is 5.73 Å². The number of imidazole rings is 1. The molecule has 5 heteroatoms. The maximum Gasteiger partial charge on any atom is 0.123 e. The molecule has 4 nitrogen and oxygen atoms in total. The summed E-state index contributed by atoms with van der Waals surface area (Å²) >= 11 is 0. The predicted octanol–water partition coefficient (Wildman–Crippen LogP) is 2.56. The van der Waals surface area contributed by atoms with Crippen LogP contribution in [0.3, 0.4) is 0 Å². The molecule has 0 saturated heterocycles. The van der Waals surface area contributed by atoms with Gasteiger partial charge in [0.2, 0.25) is 0 Å². The Hall–Kier alpha value is -1.72. The van der Waals surface area contributed by atoms with E-state index in [1.165, 1.54) is 12.1 Å². The highest BCUT2D eigenvalue weighted by molar-refractivity contribution is 5.16. The van der Waals surface area contributed by atoms with E-state index in [0.29, 0.717) is 6.54 Å². The van der Waals surface area contributed by atoms with Gasteiger partial charge in [0.15, 0.2) is 0 Å². The fourth-order valence-electron chi connectivity index (χ4n) is 2.55. The molecule has 1 heterocycles. The number of aryl methyl sites for hydroxylation is 1. The van der Waals surface area contributed by atoms with Crippen LogP contribution in [0.1, 0.15) is 30.6 Å². The molecule has 0 radical (unpaired) electrons. The smallest absolute Gasteiger partial charge is 0.123 e. The lowest BCUT2D eigenvalue weighted by Gasteiger charge is -2.27. The van der Waals surface area contributed by atoms with Crippen LogP contribution in [0.25, 0.3) is 0 Å². The largest absolute Gasteiger partial charge is 0.333 e. The number of likely N-dealkylation sites (N-methyl/N-ethyl adjacent to an activating group) is 1. The standard InChI is InChI=1S/C16H23FN4/c1-3-8-21-12-19-10-16(21)15(9-18)20(2)11-13-4-6-14(17)7-5-13/h4-7,10,12,15H,3,8-9,11,18H2,1-2H3. The first kappa shape index (κ1) is 15.7. The lowest BCUT2D eigenvalue weighted by Crippen LogP contribution is -2.31. The Bertz CT molecular complexity index is 550. The van der Waals surface area contributed by atoms with E-state index in [0.717, 1.165) is 30.8 Å². The molecule has 0 aliphatic rings. The maximum atomic E-state index is 13.0. The highest BCUT2D eigenvalue weighted by Crippen LogP contribution is 2.20. The third kappa shape index (κ3) is 3.89. The number of aromatic nitrogens is 2. The second-order valence-corrected chi connectivity index (χ2v) is 5.30. The second kappa shape index (κ2) is 7.33. The Balaban J connectivity index is 2.12. The first-order chi connectivity index (χ1) is 10.2. The molecule has 0 bridgehead atoms. The molecule has 0 aliphatic heterocycles. The number of nitrogens with zero attached hydrogens (tertiary/aromatic N) is 3. The summed E-state index contributed by atoms with van der Waals surface area (Å²) in [5.41, 5.74) is 8.16. The second-order valence-electron chi connectivity index (χ2n) is 5.30. The van der Waals surface area contributed by atoms with Crippen LogP contribution in [0.4, 0.5) is 4.39 Å². The van der Waals surface area contributed by atoms with Gasteiger partial charge in [0, 0.05) is 25.8 Å². The Morgan fingerprint density at radius 1 is 1.33 bits per heavy atom. The van der Waals surface area contributed by atoms with Crippen molar-refractivity contribution in [2.75, 3.05) is 13.6 Å². The van der Waals surface area contributed by atoms with Gasteiger partial charge in [-0.3, -0.25) is 4.90 Å². The van der Waals surface area contributed by atoms with Crippen molar-refractivity contribution in [1.82, 2.24) is 14.5 Å². The number of nitrogens with two attached hydrogens (primary N) is 1. The lowest BCUT2D eigenvalue weighted by molar-refractivity contribution is 0.232. The van der Waals surface area contributed by atoms with Gasteiger partial charge in [0.05, 0.1) is 18.1 Å². The fourth-order valence-corrected chi connectivity index (χ4v) is 2.55. The lowest BCUT2D eigenvalue weighted by atomic mass is 10.1. The van der Waals surface area contributed by atoms with Crippen LogP contribution in [0, 0.1) is 5.82 Å². The number of hydrogen-bond donors (Lipinski definition) is 1. The van der Waals surface area contributed by atoms with Gasteiger partial charge in [0.1, 0.15) is 5.82 Å². The molecular formula is C16H23FN4. The van der Waals surface area contributed by atoms with Gasteiger partial charge in [-0.25, -0.2) is 9.37 Å². The first-order valence-electron chi connectivity index (χ1n) is 7.30. The molecule has 0 amide bonds. The van der Waals surface area contributed by atoms with Crippen LogP contribution in [-0.4, -0.2) is 28.0 Å². The van der Waals surface area contributed by atoms with E-state index >= 15 is 0 Å². The van der Waals surface area contributed by atoms with Gasteiger partial charge in [-0.2, -0.15) is 0 Å². The number of halogens is 1. The minimum absolute atomic E-state index is 0.101. The zero-order valence-corrected chi connectivity index (χ0v) is 12.7. The molecule has 1 aromatic heterocycles. The molecule has 0 spiro atoms. The minimum Gasteiger partial charge on any atom is -0.333 e. The Labute approximate surface area is 125 Å². The molecule has 114 valence electrons. The molecule has 0 fully saturated rings. The maximum absolute atomic E-state index is 13.0. The van der Waals surface area contributed by atoms with Crippen molar-refractivity contribution in [2.24, 2.45) is 5.73 Å². The van der Waals surface area contributed by atoms with Gasteiger partial charge >= 0.3 is 0 Å². The van der Waals surface area contributed by atoms with E-state index < -0.39 is 0 Å². The average molecular weight is 290 g/mol. The summed E-state index contributed by atoms with van der Waals surface area (Å²) in [5.74, 6) is -0.210. The highest BCUT2D eigenvalue weighted by atomic mass is 19.1. The summed E-state index contributed by atoms with van der Waals surface area (Å²) < 4.78 is 15.1. The molecule has 0 aliphatic carbocycles. The van der Waals surface area contributed by atoms with Crippen LogP contribution in [0.15, 0.2) is 36.8 Å². The van der Waals surface area contributed by atoms with Crippen LogP contribution >= 0.6 is 0 Å². The first-order valence-corrected chi connectivity index (χ1v) is 7.30. The van der Waals surface area contributed by atoms with Crippen molar-refractivity contribution in [1.29, 1.82) is 0 Å². The zero-order valence-electron chi connectivity index (χ0n) is 12.7. The number of benzene rings is 1. The molecule has 0 saturated carbocycles. The van der Waals surface area contributed by atoms with Gasteiger partial charge in [-0.15, -0.1) is 0 Å². The number of rotatable bonds is 7. The monoisotopic (exact) mass is 290 g/mol. The van der Waals surface area contributed by atoms with Gasteiger partial charge in [-0.05, 0) is 31.2 Å². The quantitative estimate of drug-likeness (QED) is 0.852. The van der Waals surface area contributed by atoms with E-state index in [1.807, 2.05) is 31.7 Å². The summed E-state index contributed by atoms with van der Waals surface area (Å²) in [4.78, 5) is 6.42. The Morgan fingerprint density at radius 3 is 2.67 bits per heavy atom. The molecule has 1 aromatic carbocycles. The minimum atomic E-state index is -0.210. The van der Waals surface area contributed by atoms with Crippen molar-refractivity contribution in [3.63, 3.8) is 0 Å². The molecule has 2 rings (SSSR count). The Morgan fingerprint density at radius 2 is 2.05 bits per heavy atom. The third-order valence-corrected chi connectivity index (χ3v) is 3.65. The summed E-state index contributed by atoms with van der Waals surface area (Å²) in [7, 11) is 2.03. The van der Waals surface area contributed by atoms with Crippen molar-refractivity contribution < 1.29 is 4.39 Å². The van der Waals surface area contributed by atoms with Crippen molar-refractivity contribution in [3.8, 4) is 0 Å². The van der Waals surface area contributed by atoms with Crippen LogP contribution in [0.2, 0.25) is 0 Å². The predicted molar refractivity (Wildman–Crippen MR) is 82.2 cm³/mol. The number of hydrogen-bond acceptors (Lipinski definition) is 3. The summed E-state index contributed by atoms with van der Waals surface area (Å²) in [5, 5.41) is 0. The highest BCUT2D eigenvalue weighted by Gasteiger charge is 2.19. The molecule has 1 atom stereocenters. The molecule has 2 N–H and O–H groups in total. The van der Waals surface area contributed by atoms with E-state index in [2.05, 4.69) is 21.4 Å². The fraction of sp³-hybridized carbons (Fsp3) is 0.438. The molecule has 21 heavy (non-hydrogen) atoms. The summed E-state index contributed by atoms with van der Waals surface area (Å²) in [6.07, 6.45) is 4.80. The van der Waals surface area contributed by atoms with E-state index in [-0.39, 0.29) is 11.9 Å². The normalized spacial score (nSPS) is 12.8. The van der Waals surface area contributed by atoms with Crippen LogP contribution in [-0.2, 0) is 13.1 Å². The van der Waals surface area contributed by atoms with Crippen molar-refractivity contribution in [3.05, 3.63) is 53.9 Å². The average Bonchev–Trinajstić information content (AvgIpc) is 2.91. The molecular weight excluding hydrogens is 267 g/mol. The topological polar surface area (TPSA) is 47.1 Å². The van der Waals surface area contributed by atoms with Crippen molar-refractivity contribution in [2.45, 2.75) is 32.5 Å². The van der Waals surface area contributed by atoms with Crippen molar-refractivity contribution >= 4 is 0 Å². The molecule has 1 unspecified atom stereocenters. The van der Waals surface area contributed by atoms with E-state index in [4.69, 9.17) is 5.73 Å². The SMILES string of the molecule is CCCn1cncc1C(CN)N(C)Cc1ccc(F)cc1. The van der Waals surface area contributed by atoms with E-state index in [9.17, 15) is 4.39 Å². The molecule has 2 aromatic rings. The van der Waals surface area contributed by atoms with Gasteiger partial charge < -0.3 is 10.3 Å². The van der Waals surface area contributed by atoms with Gasteiger partial charge in [0.25, 0.3) is 0 Å². The Kier molecular flexibility index (Phi) is 5.47. The van der Waals surface area contributed by atoms with Crippen LogP contribution in [0.5, 0.6) is 0 Å². The summed E-state index contributed by atoms with van der Waals surface area (Å²) in [6, 6.07) is 6.69. The summed E-state index contributed by atoms with van der Waals surface area (Å²) in [6.45, 7) is 4.33.